The fourth-order valence-corrected chi connectivity index (χ4v) is 6.08. The van der Waals surface area contributed by atoms with Crippen molar-refractivity contribution in [3.8, 4) is 0 Å². The van der Waals surface area contributed by atoms with E-state index in [1.165, 1.54) is 5.57 Å². The molecule has 4 rings (SSSR count). The van der Waals surface area contributed by atoms with Crippen molar-refractivity contribution in [3.05, 3.63) is 11.6 Å². The van der Waals surface area contributed by atoms with Gasteiger partial charge in [0.1, 0.15) is 23.4 Å². The van der Waals surface area contributed by atoms with Gasteiger partial charge < -0.3 is 35.3 Å². The summed E-state index contributed by atoms with van der Waals surface area (Å²) in [5.74, 6) is -0.129. The number of amides is 2. The smallest absolute Gasteiger partial charge is 0.407 e. The highest BCUT2D eigenvalue weighted by atomic mass is 16.6. The highest BCUT2D eigenvalue weighted by Crippen LogP contribution is 2.59. The molecule has 2 aliphatic carbocycles. The van der Waals surface area contributed by atoms with Crippen molar-refractivity contribution in [2.24, 2.45) is 11.7 Å². The lowest BCUT2D eigenvalue weighted by Crippen LogP contribution is -2.56. The predicted octanol–water partition coefficient (Wildman–Crippen LogP) is 2.18. The number of hydrogen-bond acceptors (Lipinski definition) is 7. The van der Waals surface area contributed by atoms with Gasteiger partial charge in [0.05, 0.1) is 25.2 Å². The van der Waals surface area contributed by atoms with Crippen LogP contribution < -0.4 is 16.4 Å². The molecule has 2 heterocycles. The first-order valence-electron chi connectivity index (χ1n) is 12.7. The second-order valence-corrected chi connectivity index (χ2v) is 10.8. The number of rotatable bonds is 8. The molecule has 2 amide bonds. The summed E-state index contributed by atoms with van der Waals surface area (Å²) in [6, 6.07) is 0.158. The zero-order valence-corrected chi connectivity index (χ0v) is 20.9. The van der Waals surface area contributed by atoms with E-state index in [2.05, 4.69) is 37.5 Å². The third kappa shape index (κ3) is 5.42. The van der Waals surface area contributed by atoms with Gasteiger partial charge in [0, 0.05) is 19.2 Å². The topological polar surface area (TPSA) is 128 Å². The largest absolute Gasteiger partial charge is 0.443 e. The summed E-state index contributed by atoms with van der Waals surface area (Å²) in [6.45, 7) is 7.03. The summed E-state index contributed by atoms with van der Waals surface area (Å²) in [5, 5.41) is 5.95. The Labute approximate surface area is 202 Å². The first kappa shape index (κ1) is 25.4. The molecule has 5 unspecified atom stereocenters. The van der Waals surface area contributed by atoms with Crippen LogP contribution in [0.15, 0.2) is 11.6 Å². The maximum Gasteiger partial charge on any atom is 0.407 e. The summed E-state index contributed by atoms with van der Waals surface area (Å²) >= 11 is 0. The van der Waals surface area contributed by atoms with E-state index in [-0.39, 0.29) is 60.0 Å². The normalized spacial score (nSPS) is 40.9. The average molecular weight is 480 g/mol. The fourth-order valence-electron chi connectivity index (χ4n) is 6.08. The minimum atomic E-state index is -0.407. The molecule has 34 heavy (non-hydrogen) atoms. The van der Waals surface area contributed by atoms with Gasteiger partial charge >= 0.3 is 6.09 Å². The SMILES string of the molecule is COC1C(OC(=O)N[C@H]2CC[C@H](NC(=O)CN)CC2)CCC2(CO2)C1C1(C)O[C@@H]1CC=C(C)C. The number of hydrogen-bond donors (Lipinski definition) is 3. The van der Waals surface area contributed by atoms with E-state index < -0.39 is 6.09 Å². The Balaban J connectivity index is 1.32. The number of epoxide rings is 2. The zero-order chi connectivity index (χ0) is 24.5. The van der Waals surface area contributed by atoms with Crippen molar-refractivity contribution in [2.45, 2.75) is 107 Å². The number of carbonyl (C=O) groups is 2. The first-order valence-corrected chi connectivity index (χ1v) is 12.7. The number of carbonyl (C=O) groups excluding carboxylic acids is 2. The highest BCUT2D eigenvalue weighted by molar-refractivity contribution is 5.78. The number of allylic oxidation sites excluding steroid dienone is 1. The Bertz CT molecular complexity index is 788. The van der Waals surface area contributed by atoms with Crippen LogP contribution in [0.5, 0.6) is 0 Å². The van der Waals surface area contributed by atoms with Crippen molar-refractivity contribution in [3.63, 3.8) is 0 Å². The Morgan fingerprint density at radius 1 is 1.12 bits per heavy atom. The van der Waals surface area contributed by atoms with Crippen LogP contribution in [0.25, 0.3) is 0 Å². The number of methoxy groups -OCH3 is 1. The van der Waals surface area contributed by atoms with Crippen molar-refractivity contribution < 1.29 is 28.5 Å². The maximum atomic E-state index is 12.8. The van der Waals surface area contributed by atoms with Gasteiger partial charge in [-0.25, -0.2) is 4.79 Å². The van der Waals surface area contributed by atoms with Gasteiger partial charge in [-0.1, -0.05) is 11.6 Å². The molecule has 0 aromatic heterocycles. The molecule has 9 nitrogen and oxygen atoms in total. The van der Waals surface area contributed by atoms with Gasteiger partial charge in [-0.3, -0.25) is 4.79 Å². The molecule has 2 saturated carbocycles. The molecule has 192 valence electrons. The van der Waals surface area contributed by atoms with Crippen LogP contribution in [0.1, 0.15) is 65.7 Å². The third-order valence-corrected chi connectivity index (χ3v) is 8.10. The van der Waals surface area contributed by atoms with Crippen LogP contribution in [0.4, 0.5) is 4.79 Å². The summed E-state index contributed by atoms with van der Waals surface area (Å²) < 4.78 is 24.1. The summed E-state index contributed by atoms with van der Waals surface area (Å²) in [7, 11) is 1.68. The number of nitrogens with one attached hydrogen (secondary N) is 2. The van der Waals surface area contributed by atoms with Crippen molar-refractivity contribution in [1.82, 2.24) is 10.6 Å². The van der Waals surface area contributed by atoms with Gasteiger partial charge in [0.25, 0.3) is 0 Å². The van der Waals surface area contributed by atoms with E-state index in [4.69, 9.17) is 24.7 Å². The lowest BCUT2D eigenvalue weighted by molar-refractivity contribution is -0.120. The summed E-state index contributed by atoms with van der Waals surface area (Å²) in [6.07, 6.45) is 6.88. The minimum absolute atomic E-state index is 0.000341. The van der Waals surface area contributed by atoms with Crippen LogP contribution in [-0.2, 0) is 23.7 Å². The molecule has 6 atom stereocenters. The molecule has 0 radical (unpaired) electrons. The predicted molar refractivity (Wildman–Crippen MR) is 126 cm³/mol. The molecule has 0 bridgehead atoms. The fraction of sp³-hybridized carbons (Fsp3) is 0.840. The maximum absolute atomic E-state index is 12.8. The van der Waals surface area contributed by atoms with E-state index in [1.54, 1.807) is 7.11 Å². The Hall–Kier alpha value is -1.68. The molecule has 1 spiro atoms. The van der Waals surface area contributed by atoms with E-state index >= 15 is 0 Å². The number of alkyl carbamates (subject to hydrolysis) is 1. The number of nitrogens with two attached hydrogens (primary N) is 1. The molecule has 9 heteroatoms. The van der Waals surface area contributed by atoms with E-state index in [0.717, 1.165) is 38.5 Å². The van der Waals surface area contributed by atoms with E-state index in [9.17, 15) is 9.59 Å². The molecular weight excluding hydrogens is 438 g/mol. The molecule has 2 aliphatic heterocycles. The Kier molecular flexibility index (Phi) is 7.57. The third-order valence-electron chi connectivity index (χ3n) is 8.10. The van der Waals surface area contributed by atoms with Crippen LogP contribution in [-0.4, -0.2) is 73.9 Å². The second-order valence-electron chi connectivity index (χ2n) is 10.8. The van der Waals surface area contributed by atoms with E-state index in [1.807, 2.05) is 0 Å². The van der Waals surface area contributed by atoms with Crippen LogP contribution >= 0.6 is 0 Å². The second kappa shape index (κ2) is 10.1. The van der Waals surface area contributed by atoms with Gasteiger partial charge in [0.2, 0.25) is 5.91 Å². The zero-order valence-electron chi connectivity index (χ0n) is 20.9. The van der Waals surface area contributed by atoms with Crippen LogP contribution in [0, 0.1) is 5.92 Å². The van der Waals surface area contributed by atoms with Crippen molar-refractivity contribution in [2.75, 3.05) is 20.3 Å². The molecule has 4 aliphatic rings. The van der Waals surface area contributed by atoms with E-state index in [0.29, 0.717) is 13.0 Å². The minimum Gasteiger partial charge on any atom is -0.443 e. The molecule has 0 aromatic carbocycles. The first-order chi connectivity index (χ1) is 16.2. The Morgan fingerprint density at radius 3 is 2.32 bits per heavy atom. The summed E-state index contributed by atoms with van der Waals surface area (Å²) in [5.41, 5.74) is 6.06. The molecule has 4 fully saturated rings. The monoisotopic (exact) mass is 479 g/mol. The quantitative estimate of drug-likeness (QED) is 0.360. The van der Waals surface area contributed by atoms with Gasteiger partial charge in [-0.2, -0.15) is 0 Å². The van der Waals surface area contributed by atoms with Crippen LogP contribution in [0.3, 0.4) is 0 Å². The number of ether oxygens (including phenoxy) is 4. The van der Waals surface area contributed by atoms with Crippen LogP contribution in [0.2, 0.25) is 0 Å². The lowest BCUT2D eigenvalue weighted by atomic mass is 9.68. The van der Waals surface area contributed by atoms with Gasteiger partial charge in [0.15, 0.2) is 0 Å². The molecule has 4 N–H and O–H groups in total. The van der Waals surface area contributed by atoms with Crippen molar-refractivity contribution in [1.29, 1.82) is 0 Å². The lowest BCUT2D eigenvalue weighted by Gasteiger charge is -2.42. The van der Waals surface area contributed by atoms with Gasteiger partial charge in [-0.15, -0.1) is 0 Å². The average Bonchev–Trinajstić information content (AvgIpc) is 3.72. The summed E-state index contributed by atoms with van der Waals surface area (Å²) in [4.78, 5) is 24.3. The highest BCUT2D eigenvalue weighted by Gasteiger charge is 2.72. The molecule has 2 saturated heterocycles. The Morgan fingerprint density at radius 2 is 1.76 bits per heavy atom. The van der Waals surface area contributed by atoms with Crippen molar-refractivity contribution >= 4 is 12.0 Å². The van der Waals surface area contributed by atoms with Gasteiger partial charge in [-0.05, 0) is 65.7 Å². The molecular formula is C25H41N3O6. The molecule has 0 aromatic rings. The standard InChI is InChI=1S/C25H41N3O6/c1-15(2)5-10-19-24(3,34-19)22-21(31-4)18(11-12-25(22)14-32-25)33-23(30)28-17-8-6-16(7-9-17)27-20(29)13-26/h5,16-19,21-22H,6-14,26H2,1-4H3,(H,27,29)(H,28,30)/t16-,17-,18?,19-,21?,22?,24?,25?/m1/s1.